The number of hydrogen-bond acceptors (Lipinski definition) is 4. The Labute approximate surface area is 142 Å². The van der Waals surface area contributed by atoms with Gasteiger partial charge in [-0.2, -0.15) is 18.3 Å². The van der Waals surface area contributed by atoms with Gasteiger partial charge in [0.1, 0.15) is 17.9 Å². The summed E-state index contributed by atoms with van der Waals surface area (Å²) in [6.45, 7) is -0.669. The van der Waals surface area contributed by atoms with Crippen LogP contribution >= 0.6 is 0 Å². The summed E-state index contributed by atoms with van der Waals surface area (Å²) in [6, 6.07) is 6.54. The number of aliphatic imine (C=N–C) groups is 1. The summed E-state index contributed by atoms with van der Waals surface area (Å²) in [5.41, 5.74) is 0.591. The number of hydrogen-bond donors (Lipinski definition) is 2. The first kappa shape index (κ1) is 18.6. The van der Waals surface area contributed by atoms with E-state index in [-0.39, 0.29) is 12.3 Å². The van der Waals surface area contributed by atoms with Crippen molar-refractivity contribution in [3.63, 3.8) is 0 Å². The molecule has 136 valence electrons. The van der Waals surface area contributed by atoms with E-state index >= 15 is 0 Å². The third-order valence-electron chi connectivity index (χ3n) is 3.25. The van der Waals surface area contributed by atoms with Gasteiger partial charge in [-0.25, -0.2) is 4.98 Å². The van der Waals surface area contributed by atoms with Crippen molar-refractivity contribution >= 4 is 5.96 Å². The lowest BCUT2D eigenvalue weighted by atomic mass is 10.2. The van der Waals surface area contributed by atoms with Crippen molar-refractivity contribution in [1.29, 1.82) is 0 Å². The van der Waals surface area contributed by atoms with Crippen LogP contribution in [0.5, 0.6) is 5.75 Å². The number of guanidine groups is 1. The molecule has 0 bridgehead atoms. The van der Waals surface area contributed by atoms with Gasteiger partial charge in [-0.3, -0.25) is 9.67 Å². The first-order valence-corrected chi connectivity index (χ1v) is 7.44. The van der Waals surface area contributed by atoms with Crippen LogP contribution in [0.3, 0.4) is 0 Å². The van der Waals surface area contributed by atoms with Crippen LogP contribution in [0.15, 0.2) is 35.6 Å². The zero-order chi connectivity index (χ0) is 18.3. The molecule has 2 rings (SSSR count). The van der Waals surface area contributed by atoms with Gasteiger partial charge in [0.2, 0.25) is 0 Å². The molecule has 1 aromatic heterocycles. The minimum Gasteiger partial charge on any atom is -0.484 e. The molecule has 2 N–H and O–H groups in total. The Morgan fingerprint density at radius 3 is 2.60 bits per heavy atom. The highest BCUT2D eigenvalue weighted by molar-refractivity contribution is 5.79. The first-order valence-electron chi connectivity index (χ1n) is 7.44. The highest BCUT2D eigenvalue weighted by atomic mass is 19.4. The largest absolute Gasteiger partial charge is 0.484 e. The van der Waals surface area contributed by atoms with E-state index in [4.69, 9.17) is 4.74 Å². The average molecular weight is 356 g/mol. The number of nitrogens with one attached hydrogen (secondary N) is 2. The molecule has 0 saturated carbocycles. The second kappa shape index (κ2) is 8.36. The van der Waals surface area contributed by atoms with Gasteiger partial charge in [-0.1, -0.05) is 18.2 Å². The van der Waals surface area contributed by atoms with Crippen molar-refractivity contribution in [2.45, 2.75) is 19.3 Å². The van der Waals surface area contributed by atoms with Gasteiger partial charge in [0.15, 0.2) is 12.6 Å². The molecule has 25 heavy (non-hydrogen) atoms. The molecule has 0 saturated heterocycles. The van der Waals surface area contributed by atoms with Crippen molar-refractivity contribution in [2.75, 3.05) is 13.7 Å². The monoisotopic (exact) mass is 356 g/mol. The Morgan fingerprint density at radius 2 is 1.96 bits per heavy atom. The van der Waals surface area contributed by atoms with E-state index in [0.29, 0.717) is 18.1 Å². The second-order valence-corrected chi connectivity index (χ2v) is 5.09. The van der Waals surface area contributed by atoms with Gasteiger partial charge < -0.3 is 15.4 Å². The number of nitrogens with zero attached hydrogens (tertiary/aromatic N) is 4. The summed E-state index contributed by atoms with van der Waals surface area (Å²) in [7, 11) is 3.37. The molecule has 0 radical (unpaired) electrons. The summed E-state index contributed by atoms with van der Waals surface area (Å²) in [5.74, 6) is 1.38. The summed E-state index contributed by atoms with van der Waals surface area (Å²) < 4.78 is 43.5. The van der Waals surface area contributed by atoms with Gasteiger partial charge in [-0.05, 0) is 6.07 Å². The lowest BCUT2D eigenvalue weighted by Gasteiger charge is -2.15. The minimum absolute atomic E-state index is 0.177. The lowest BCUT2D eigenvalue weighted by Crippen LogP contribution is -2.37. The molecule has 0 amide bonds. The number of ether oxygens (including phenoxy) is 1. The van der Waals surface area contributed by atoms with Crippen LogP contribution in [0.1, 0.15) is 11.4 Å². The van der Waals surface area contributed by atoms with Gasteiger partial charge in [0.05, 0.1) is 6.54 Å². The number of para-hydroxylation sites is 1. The van der Waals surface area contributed by atoms with E-state index in [1.165, 1.54) is 12.4 Å². The van der Waals surface area contributed by atoms with Gasteiger partial charge in [0, 0.05) is 26.2 Å². The predicted octanol–water partition coefficient (Wildman–Crippen LogP) is 1.62. The number of rotatable bonds is 6. The number of aryl methyl sites for hydroxylation is 1. The van der Waals surface area contributed by atoms with E-state index in [2.05, 4.69) is 25.7 Å². The molecule has 7 nitrogen and oxygen atoms in total. The third kappa shape index (κ3) is 5.98. The lowest BCUT2D eigenvalue weighted by molar-refractivity contribution is -0.153. The van der Waals surface area contributed by atoms with Crippen molar-refractivity contribution in [3.05, 3.63) is 42.0 Å². The highest BCUT2D eigenvalue weighted by Crippen LogP contribution is 2.22. The number of alkyl halides is 3. The minimum atomic E-state index is -4.38. The Bertz CT molecular complexity index is 713. The molecule has 10 heteroatoms. The van der Waals surface area contributed by atoms with E-state index < -0.39 is 12.8 Å². The second-order valence-electron chi connectivity index (χ2n) is 5.09. The Balaban J connectivity index is 1.91. The number of aromatic nitrogens is 3. The van der Waals surface area contributed by atoms with E-state index in [9.17, 15) is 13.2 Å². The number of halogens is 3. The van der Waals surface area contributed by atoms with Crippen LogP contribution in [0.4, 0.5) is 13.2 Å². The van der Waals surface area contributed by atoms with E-state index in [0.717, 1.165) is 5.82 Å². The quantitative estimate of drug-likeness (QED) is 0.608. The molecule has 0 spiro atoms. The van der Waals surface area contributed by atoms with E-state index in [1.807, 2.05) is 0 Å². The molecular weight excluding hydrogens is 337 g/mol. The molecule has 0 aliphatic heterocycles. The predicted molar refractivity (Wildman–Crippen MR) is 86.0 cm³/mol. The first-order chi connectivity index (χ1) is 11.9. The van der Waals surface area contributed by atoms with Crippen LogP contribution in [-0.2, 0) is 20.1 Å². The molecular formula is C15H19F3N6O. The van der Waals surface area contributed by atoms with Crippen LogP contribution in [0, 0.1) is 0 Å². The summed E-state index contributed by atoms with van der Waals surface area (Å²) >= 11 is 0. The molecule has 0 unspecified atom stereocenters. The fourth-order valence-corrected chi connectivity index (χ4v) is 1.99. The molecule has 0 fully saturated rings. The van der Waals surface area contributed by atoms with Gasteiger partial charge >= 0.3 is 6.18 Å². The Hall–Kier alpha value is -2.78. The highest BCUT2D eigenvalue weighted by Gasteiger charge is 2.28. The van der Waals surface area contributed by atoms with Crippen molar-refractivity contribution in [1.82, 2.24) is 25.4 Å². The summed E-state index contributed by atoms with van der Waals surface area (Å²) in [6.07, 6.45) is -2.93. The maximum atomic E-state index is 12.3. The van der Waals surface area contributed by atoms with Crippen LogP contribution < -0.4 is 15.4 Å². The smallest absolute Gasteiger partial charge is 0.422 e. The molecule has 1 aromatic carbocycles. The fourth-order valence-electron chi connectivity index (χ4n) is 1.99. The molecule has 0 aliphatic carbocycles. The van der Waals surface area contributed by atoms with Crippen LogP contribution in [0.2, 0.25) is 0 Å². The molecule has 0 atom stereocenters. The van der Waals surface area contributed by atoms with Gasteiger partial charge in [-0.15, -0.1) is 0 Å². The standard InChI is InChI=1S/C15H19F3N6O/c1-19-14(21-8-13-22-10-23-24(13)2)20-7-11-5-3-4-6-12(11)25-9-15(16,17)18/h3-6,10H,7-9H2,1-2H3,(H2,19,20,21). The zero-order valence-corrected chi connectivity index (χ0v) is 13.8. The van der Waals surface area contributed by atoms with Crippen molar-refractivity contribution in [3.8, 4) is 5.75 Å². The Morgan fingerprint density at radius 1 is 1.24 bits per heavy atom. The normalized spacial score (nSPS) is 12.1. The average Bonchev–Trinajstić information content (AvgIpc) is 2.98. The van der Waals surface area contributed by atoms with Gasteiger partial charge in [0.25, 0.3) is 0 Å². The fraction of sp³-hybridized carbons (Fsp3) is 0.400. The molecule has 2 aromatic rings. The maximum absolute atomic E-state index is 12.3. The van der Waals surface area contributed by atoms with Crippen LogP contribution in [0.25, 0.3) is 0 Å². The zero-order valence-electron chi connectivity index (χ0n) is 13.8. The summed E-state index contributed by atoms with van der Waals surface area (Å²) in [5, 5.41) is 10.0. The molecule has 0 aliphatic rings. The SMILES string of the molecule is CN=C(NCc1ccccc1OCC(F)(F)F)NCc1ncnn1C. The Kier molecular flexibility index (Phi) is 6.20. The topological polar surface area (TPSA) is 76.4 Å². The van der Waals surface area contributed by atoms with Crippen molar-refractivity contribution < 1.29 is 17.9 Å². The number of benzene rings is 1. The van der Waals surface area contributed by atoms with E-state index in [1.54, 1.807) is 37.0 Å². The van der Waals surface area contributed by atoms with Crippen LogP contribution in [-0.4, -0.2) is 40.6 Å². The molecule has 1 heterocycles. The summed E-state index contributed by atoms with van der Waals surface area (Å²) in [4.78, 5) is 8.15. The third-order valence-corrected chi connectivity index (χ3v) is 3.25. The van der Waals surface area contributed by atoms with Crippen molar-refractivity contribution in [2.24, 2.45) is 12.0 Å². The maximum Gasteiger partial charge on any atom is 0.422 e.